The molecule has 1 N–H and O–H groups in total. The van der Waals surface area contributed by atoms with E-state index >= 15 is 0 Å². The summed E-state index contributed by atoms with van der Waals surface area (Å²) in [7, 11) is 0. The highest BCUT2D eigenvalue weighted by molar-refractivity contribution is 5.68. The molecule has 1 aliphatic heterocycles. The molecule has 2 atom stereocenters. The predicted molar refractivity (Wildman–Crippen MR) is 77.7 cm³/mol. The van der Waals surface area contributed by atoms with E-state index in [4.69, 9.17) is 9.47 Å². The second kappa shape index (κ2) is 6.27. The van der Waals surface area contributed by atoms with E-state index in [0.29, 0.717) is 0 Å². The van der Waals surface area contributed by atoms with Gasteiger partial charge in [-0.05, 0) is 39.2 Å². The van der Waals surface area contributed by atoms with Crippen molar-refractivity contribution in [2.75, 3.05) is 6.61 Å². The summed E-state index contributed by atoms with van der Waals surface area (Å²) in [5.74, 6) is 0. The second-order valence-corrected chi connectivity index (χ2v) is 6.22. The van der Waals surface area contributed by atoms with Gasteiger partial charge >= 0.3 is 6.09 Å². The van der Waals surface area contributed by atoms with Gasteiger partial charge in [0.2, 0.25) is 0 Å². The number of rotatable bonds is 5. The molecule has 1 heterocycles. The molecule has 0 aromatic heterocycles. The molecule has 110 valence electrons. The first-order valence-corrected chi connectivity index (χ1v) is 7.07. The zero-order valence-corrected chi connectivity index (χ0v) is 12.4. The highest BCUT2D eigenvalue weighted by Crippen LogP contribution is 2.18. The standard InChI is InChI=1S/C16H23NO3/c1-16(2,3)20-15(18)17-13(10-14-11-19-14)9-12-7-5-4-6-8-12/h4-8,13-14H,9-11H2,1-3H3,(H,17,18)/t13-,14-/m0/s1. The van der Waals surface area contributed by atoms with Crippen molar-refractivity contribution >= 4 is 6.09 Å². The highest BCUT2D eigenvalue weighted by atomic mass is 16.6. The maximum absolute atomic E-state index is 11.9. The van der Waals surface area contributed by atoms with Gasteiger partial charge < -0.3 is 14.8 Å². The average Bonchev–Trinajstić information content (AvgIpc) is 3.11. The maximum atomic E-state index is 11.9. The van der Waals surface area contributed by atoms with Crippen LogP contribution in [0.4, 0.5) is 4.79 Å². The molecule has 1 aromatic carbocycles. The number of hydrogen-bond acceptors (Lipinski definition) is 3. The molecule has 0 bridgehead atoms. The molecule has 0 spiro atoms. The topological polar surface area (TPSA) is 50.9 Å². The molecule has 0 radical (unpaired) electrons. The van der Waals surface area contributed by atoms with Crippen LogP contribution in [0.1, 0.15) is 32.8 Å². The van der Waals surface area contributed by atoms with Crippen molar-refractivity contribution in [3.8, 4) is 0 Å². The van der Waals surface area contributed by atoms with Crippen molar-refractivity contribution in [2.45, 2.75) is 51.4 Å². The molecule has 0 aliphatic carbocycles. The SMILES string of the molecule is CC(C)(C)OC(=O)N[C@@H](Cc1ccccc1)C[C@H]1CO1. The fraction of sp³-hybridized carbons (Fsp3) is 0.562. The summed E-state index contributed by atoms with van der Waals surface area (Å²) < 4.78 is 10.6. The van der Waals surface area contributed by atoms with Crippen LogP contribution in [-0.4, -0.2) is 30.4 Å². The Morgan fingerprint density at radius 2 is 2.05 bits per heavy atom. The molecule has 1 aromatic rings. The van der Waals surface area contributed by atoms with Crippen molar-refractivity contribution < 1.29 is 14.3 Å². The summed E-state index contributed by atoms with van der Waals surface area (Å²) in [6, 6.07) is 10.2. The average molecular weight is 277 g/mol. The second-order valence-electron chi connectivity index (χ2n) is 6.22. The highest BCUT2D eigenvalue weighted by Gasteiger charge is 2.28. The lowest BCUT2D eigenvalue weighted by molar-refractivity contribution is 0.0500. The minimum Gasteiger partial charge on any atom is -0.444 e. The molecule has 1 aliphatic rings. The molecule has 0 unspecified atom stereocenters. The summed E-state index contributed by atoms with van der Waals surface area (Å²) in [6.45, 7) is 6.38. The van der Waals surface area contributed by atoms with Crippen LogP contribution in [-0.2, 0) is 15.9 Å². The lowest BCUT2D eigenvalue weighted by Crippen LogP contribution is -2.41. The van der Waals surface area contributed by atoms with Gasteiger partial charge in [-0.25, -0.2) is 4.79 Å². The third kappa shape index (κ3) is 5.61. The molecular weight excluding hydrogens is 254 g/mol. The Hall–Kier alpha value is -1.55. The number of nitrogens with one attached hydrogen (secondary N) is 1. The Morgan fingerprint density at radius 1 is 1.40 bits per heavy atom. The lowest BCUT2D eigenvalue weighted by atomic mass is 10.0. The molecule has 1 saturated heterocycles. The van der Waals surface area contributed by atoms with Gasteiger partial charge in [0.15, 0.2) is 0 Å². The number of amides is 1. The van der Waals surface area contributed by atoms with E-state index in [-0.39, 0.29) is 18.2 Å². The maximum Gasteiger partial charge on any atom is 0.407 e. The third-order valence-corrected chi connectivity index (χ3v) is 3.00. The van der Waals surface area contributed by atoms with E-state index in [0.717, 1.165) is 19.4 Å². The van der Waals surface area contributed by atoms with Crippen LogP contribution in [0.5, 0.6) is 0 Å². The Labute approximate surface area is 120 Å². The van der Waals surface area contributed by atoms with Crippen LogP contribution in [0.15, 0.2) is 30.3 Å². The molecule has 2 rings (SSSR count). The fourth-order valence-corrected chi connectivity index (χ4v) is 2.09. The number of alkyl carbamates (subject to hydrolysis) is 1. The lowest BCUT2D eigenvalue weighted by Gasteiger charge is -2.23. The normalized spacial score (nSPS) is 19.2. The van der Waals surface area contributed by atoms with Crippen LogP contribution in [0, 0.1) is 0 Å². The van der Waals surface area contributed by atoms with Crippen molar-refractivity contribution in [3.63, 3.8) is 0 Å². The first kappa shape index (κ1) is 14.9. The van der Waals surface area contributed by atoms with E-state index in [9.17, 15) is 4.79 Å². The van der Waals surface area contributed by atoms with Crippen LogP contribution in [0.25, 0.3) is 0 Å². The summed E-state index contributed by atoms with van der Waals surface area (Å²) >= 11 is 0. The van der Waals surface area contributed by atoms with Crippen molar-refractivity contribution in [2.24, 2.45) is 0 Å². The summed E-state index contributed by atoms with van der Waals surface area (Å²) in [5.41, 5.74) is 0.728. The smallest absolute Gasteiger partial charge is 0.407 e. The Bertz CT molecular complexity index is 435. The van der Waals surface area contributed by atoms with Gasteiger partial charge in [-0.3, -0.25) is 0 Å². The van der Waals surface area contributed by atoms with Crippen molar-refractivity contribution in [1.82, 2.24) is 5.32 Å². The first-order chi connectivity index (χ1) is 9.42. The van der Waals surface area contributed by atoms with Crippen LogP contribution < -0.4 is 5.32 Å². The molecular formula is C16H23NO3. The number of hydrogen-bond donors (Lipinski definition) is 1. The zero-order valence-electron chi connectivity index (χ0n) is 12.4. The van der Waals surface area contributed by atoms with Crippen LogP contribution in [0.3, 0.4) is 0 Å². The van der Waals surface area contributed by atoms with E-state index in [2.05, 4.69) is 17.4 Å². The van der Waals surface area contributed by atoms with Crippen molar-refractivity contribution in [3.05, 3.63) is 35.9 Å². The fourth-order valence-electron chi connectivity index (χ4n) is 2.09. The largest absolute Gasteiger partial charge is 0.444 e. The van der Waals surface area contributed by atoms with Gasteiger partial charge in [-0.2, -0.15) is 0 Å². The van der Waals surface area contributed by atoms with Crippen molar-refractivity contribution in [1.29, 1.82) is 0 Å². The van der Waals surface area contributed by atoms with Gasteiger partial charge in [0.05, 0.1) is 12.7 Å². The number of epoxide rings is 1. The summed E-state index contributed by atoms with van der Waals surface area (Å²) in [4.78, 5) is 11.9. The number of carbonyl (C=O) groups excluding carboxylic acids is 1. The number of carbonyl (C=O) groups is 1. The van der Waals surface area contributed by atoms with E-state index in [1.807, 2.05) is 39.0 Å². The molecule has 4 heteroatoms. The minimum atomic E-state index is -0.475. The first-order valence-electron chi connectivity index (χ1n) is 7.07. The monoisotopic (exact) mass is 277 g/mol. The Kier molecular flexibility index (Phi) is 4.65. The molecule has 1 fully saturated rings. The summed E-state index contributed by atoms with van der Waals surface area (Å²) in [6.07, 6.45) is 1.53. The number of ether oxygens (including phenoxy) is 2. The van der Waals surface area contributed by atoms with Gasteiger partial charge in [0, 0.05) is 6.04 Å². The van der Waals surface area contributed by atoms with Gasteiger partial charge in [-0.1, -0.05) is 30.3 Å². The van der Waals surface area contributed by atoms with Crippen LogP contribution >= 0.6 is 0 Å². The predicted octanol–water partition coefficient (Wildman–Crippen LogP) is 2.91. The minimum absolute atomic E-state index is 0.0414. The third-order valence-electron chi connectivity index (χ3n) is 3.00. The zero-order chi connectivity index (χ0) is 14.6. The Morgan fingerprint density at radius 3 is 2.60 bits per heavy atom. The van der Waals surface area contributed by atoms with Gasteiger partial charge in [0.1, 0.15) is 5.60 Å². The van der Waals surface area contributed by atoms with Gasteiger partial charge in [0.25, 0.3) is 0 Å². The van der Waals surface area contributed by atoms with E-state index in [1.165, 1.54) is 5.56 Å². The van der Waals surface area contributed by atoms with Gasteiger partial charge in [-0.15, -0.1) is 0 Å². The molecule has 0 saturated carbocycles. The molecule has 1 amide bonds. The van der Waals surface area contributed by atoms with E-state index in [1.54, 1.807) is 0 Å². The molecule has 20 heavy (non-hydrogen) atoms. The quantitative estimate of drug-likeness (QED) is 0.842. The number of benzene rings is 1. The summed E-state index contributed by atoms with van der Waals surface area (Å²) in [5, 5.41) is 2.95. The van der Waals surface area contributed by atoms with Crippen LogP contribution in [0.2, 0.25) is 0 Å². The molecule has 4 nitrogen and oxygen atoms in total. The van der Waals surface area contributed by atoms with E-state index < -0.39 is 5.60 Å². The Balaban J connectivity index is 1.91.